The first-order valence-electron chi connectivity index (χ1n) is 12.2. The maximum atomic E-state index is 13.7. The molecule has 1 aliphatic heterocycles. The largest absolute Gasteiger partial charge is 0.493 e. The minimum absolute atomic E-state index is 0.230. The molecule has 0 saturated carbocycles. The average Bonchev–Trinajstić information content (AvgIpc) is 3.32. The fourth-order valence-electron chi connectivity index (χ4n) is 4.43. The zero-order chi connectivity index (χ0) is 25.9. The number of benzene rings is 3. The zero-order valence-electron chi connectivity index (χ0n) is 21.3. The lowest BCUT2D eigenvalue weighted by Crippen LogP contribution is -2.31. The number of nitrogens with zero attached hydrogens (tertiary/aromatic N) is 3. The van der Waals surface area contributed by atoms with Crippen LogP contribution < -0.4 is 20.1 Å². The molecule has 0 bridgehead atoms. The second kappa shape index (κ2) is 10.2. The van der Waals surface area contributed by atoms with Gasteiger partial charge in [0.05, 0.1) is 19.3 Å². The Morgan fingerprint density at radius 1 is 1.03 bits per heavy atom. The van der Waals surface area contributed by atoms with E-state index in [1.165, 1.54) is 0 Å². The van der Waals surface area contributed by atoms with Crippen LogP contribution in [0.4, 0.5) is 11.6 Å². The molecule has 5 rings (SSSR count). The first-order chi connectivity index (χ1) is 18.0. The van der Waals surface area contributed by atoms with Crippen LogP contribution in [0.15, 0.2) is 84.1 Å². The molecule has 0 spiro atoms. The van der Waals surface area contributed by atoms with Gasteiger partial charge in [-0.3, -0.25) is 4.79 Å². The summed E-state index contributed by atoms with van der Waals surface area (Å²) in [4.78, 5) is 18.4. The van der Waals surface area contributed by atoms with E-state index >= 15 is 0 Å². The summed E-state index contributed by atoms with van der Waals surface area (Å²) in [7, 11) is 1.60. The third-order valence-corrected chi connectivity index (χ3v) is 6.24. The number of allylic oxidation sites excluding steroid dienone is 1. The molecule has 0 aliphatic carbocycles. The van der Waals surface area contributed by atoms with E-state index in [1.54, 1.807) is 11.8 Å². The molecule has 1 unspecified atom stereocenters. The van der Waals surface area contributed by atoms with Gasteiger partial charge in [0, 0.05) is 16.9 Å². The molecule has 1 atom stereocenters. The highest BCUT2D eigenvalue weighted by molar-refractivity contribution is 6.06. The Morgan fingerprint density at radius 2 is 1.78 bits per heavy atom. The zero-order valence-corrected chi connectivity index (χ0v) is 21.3. The summed E-state index contributed by atoms with van der Waals surface area (Å²) in [6, 6.07) is 22.6. The predicted molar refractivity (Wildman–Crippen MR) is 144 cm³/mol. The number of rotatable bonds is 7. The fourth-order valence-corrected chi connectivity index (χ4v) is 4.43. The quantitative estimate of drug-likeness (QED) is 0.347. The van der Waals surface area contributed by atoms with Crippen molar-refractivity contribution in [3.63, 3.8) is 0 Å². The maximum Gasteiger partial charge on any atom is 0.255 e. The van der Waals surface area contributed by atoms with Crippen molar-refractivity contribution in [2.45, 2.75) is 26.8 Å². The summed E-state index contributed by atoms with van der Waals surface area (Å²) in [5, 5.41) is 11.2. The number of ether oxygens (including phenoxy) is 2. The van der Waals surface area contributed by atoms with Gasteiger partial charge in [-0.05, 0) is 50.6 Å². The van der Waals surface area contributed by atoms with Crippen LogP contribution in [0.1, 0.15) is 31.0 Å². The molecule has 2 N–H and O–H groups in total. The van der Waals surface area contributed by atoms with Gasteiger partial charge in [0.15, 0.2) is 17.3 Å². The average molecular weight is 496 g/mol. The number of aromatic nitrogens is 3. The molecule has 0 radical (unpaired) electrons. The topological polar surface area (TPSA) is 90.3 Å². The molecule has 1 amide bonds. The highest BCUT2D eigenvalue weighted by Gasteiger charge is 2.35. The number of anilines is 2. The van der Waals surface area contributed by atoms with Gasteiger partial charge in [0.2, 0.25) is 5.95 Å². The molecule has 8 heteroatoms. The second-order valence-corrected chi connectivity index (χ2v) is 8.80. The van der Waals surface area contributed by atoms with E-state index in [9.17, 15) is 4.79 Å². The van der Waals surface area contributed by atoms with E-state index in [0.717, 1.165) is 16.7 Å². The van der Waals surface area contributed by atoms with Crippen molar-refractivity contribution in [1.29, 1.82) is 0 Å². The Hall–Kier alpha value is -4.59. The Balaban J connectivity index is 1.62. The third kappa shape index (κ3) is 4.78. The molecule has 2 heterocycles. The maximum absolute atomic E-state index is 13.7. The van der Waals surface area contributed by atoms with Gasteiger partial charge in [-0.2, -0.15) is 4.98 Å². The molecule has 0 saturated heterocycles. The highest BCUT2D eigenvalue weighted by atomic mass is 16.5. The van der Waals surface area contributed by atoms with E-state index in [2.05, 4.69) is 10.6 Å². The van der Waals surface area contributed by atoms with Crippen LogP contribution in [0.2, 0.25) is 0 Å². The lowest BCUT2D eigenvalue weighted by molar-refractivity contribution is -0.113. The van der Waals surface area contributed by atoms with Crippen LogP contribution in [0.5, 0.6) is 11.5 Å². The van der Waals surface area contributed by atoms with Crippen molar-refractivity contribution >= 4 is 17.5 Å². The molecule has 37 heavy (non-hydrogen) atoms. The number of methoxy groups -OCH3 is 1. The van der Waals surface area contributed by atoms with Crippen molar-refractivity contribution in [3.05, 3.63) is 95.2 Å². The third-order valence-electron chi connectivity index (χ3n) is 6.24. The predicted octanol–water partition coefficient (Wildman–Crippen LogP) is 5.59. The number of carbonyl (C=O) groups excluding carboxylic acids is 1. The fraction of sp³-hybridized carbons (Fsp3) is 0.207. The molecule has 8 nitrogen and oxygen atoms in total. The van der Waals surface area contributed by atoms with Crippen molar-refractivity contribution < 1.29 is 14.3 Å². The van der Waals surface area contributed by atoms with E-state index in [1.807, 2.05) is 93.6 Å². The van der Waals surface area contributed by atoms with Crippen molar-refractivity contribution in [1.82, 2.24) is 14.8 Å². The number of carbonyl (C=O) groups is 1. The molecular formula is C29H29N5O3. The van der Waals surface area contributed by atoms with Crippen molar-refractivity contribution in [3.8, 4) is 22.9 Å². The number of fused-ring (bicyclic) bond motifs is 1. The highest BCUT2D eigenvalue weighted by Crippen LogP contribution is 2.40. The van der Waals surface area contributed by atoms with Crippen LogP contribution in [-0.2, 0) is 4.79 Å². The Labute approximate surface area is 216 Å². The van der Waals surface area contributed by atoms with Gasteiger partial charge in [-0.15, -0.1) is 5.10 Å². The second-order valence-electron chi connectivity index (χ2n) is 8.80. The standard InChI is InChI=1S/C29H29N5O3/c1-5-37-23-16-15-21(17-24(23)36-4)26-25(28(35)31-22-9-7-6-8-10-22)19(3)30-29-32-27(33-34(26)29)20-13-11-18(2)12-14-20/h6-17,26H,5H2,1-4H3,(H,31,35)(H,30,32,33). The molecule has 3 aromatic carbocycles. The minimum Gasteiger partial charge on any atom is -0.493 e. The van der Waals surface area contributed by atoms with E-state index < -0.39 is 6.04 Å². The summed E-state index contributed by atoms with van der Waals surface area (Å²) in [6.45, 7) is 6.35. The SMILES string of the molecule is CCOc1ccc(C2C(C(=O)Nc3ccccc3)=C(C)Nc3nc(-c4ccc(C)cc4)nn32)cc1OC. The number of para-hydroxylation sites is 1. The van der Waals surface area contributed by atoms with Crippen LogP contribution in [0, 0.1) is 6.92 Å². The first-order valence-corrected chi connectivity index (χ1v) is 12.2. The Morgan fingerprint density at radius 3 is 2.49 bits per heavy atom. The molecule has 1 aliphatic rings. The van der Waals surface area contributed by atoms with Crippen molar-refractivity contribution in [2.24, 2.45) is 0 Å². The molecule has 0 fully saturated rings. The van der Waals surface area contributed by atoms with Gasteiger partial charge in [0.25, 0.3) is 5.91 Å². The van der Waals surface area contributed by atoms with Gasteiger partial charge in [-0.25, -0.2) is 4.68 Å². The monoisotopic (exact) mass is 495 g/mol. The van der Waals surface area contributed by atoms with Gasteiger partial charge in [-0.1, -0.05) is 54.1 Å². The number of hydrogen-bond acceptors (Lipinski definition) is 6. The number of hydrogen-bond donors (Lipinski definition) is 2. The van der Waals surface area contributed by atoms with E-state index in [-0.39, 0.29) is 5.91 Å². The molecule has 1 aromatic heterocycles. The lowest BCUT2D eigenvalue weighted by Gasteiger charge is -2.29. The summed E-state index contributed by atoms with van der Waals surface area (Å²) in [6.07, 6.45) is 0. The first kappa shape index (κ1) is 24.1. The van der Waals surface area contributed by atoms with Crippen LogP contribution in [0.3, 0.4) is 0 Å². The van der Waals surface area contributed by atoms with Crippen molar-refractivity contribution in [2.75, 3.05) is 24.4 Å². The normalized spacial score (nSPS) is 14.5. The smallest absolute Gasteiger partial charge is 0.255 e. The minimum atomic E-state index is -0.545. The summed E-state index contributed by atoms with van der Waals surface area (Å²) >= 11 is 0. The Kier molecular flexibility index (Phi) is 6.64. The summed E-state index contributed by atoms with van der Waals surface area (Å²) < 4.78 is 13.1. The number of aryl methyl sites for hydroxylation is 1. The van der Waals surface area contributed by atoms with Gasteiger partial charge >= 0.3 is 0 Å². The van der Waals surface area contributed by atoms with Gasteiger partial charge < -0.3 is 20.1 Å². The van der Waals surface area contributed by atoms with Crippen LogP contribution in [0.25, 0.3) is 11.4 Å². The summed E-state index contributed by atoms with van der Waals surface area (Å²) in [5.41, 5.74) is 4.80. The molecule has 4 aromatic rings. The van der Waals surface area contributed by atoms with Gasteiger partial charge in [0.1, 0.15) is 6.04 Å². The lowest BCUT2D eigenvalue weighted by atomic mass is 9.94. The van der Waals surface area contributed by atoms with Crippen LogP contribution >= 0.6 is 0 Å². The number of amides is 1. The Bertz CT molecular complexity index is 1460. The molecule has 188 valence electrons. The van der Waals surface area contributed by atoms with Crippen LogP contribution in [-0.4, -0.2) is 34.4 Å². The molecular weight excluding hydrogens is 466 g/mol. The summed E-state index contributed by atoms with van der Waals surface area (Å²) in [5.74, 6) is 2.12. The van der Waals surface area contributed by atoms with E-state index in [0.29, 0.717) is 46.8 Å². The number of nitrogens with one attached hydrogen (secondary N) is 2. The van der Waals surface area contributed by atoms with E-state index in [4.69, 9.17) is 19.6 Å².